The Morgan fingerprint density at radius 1 is 1.59 bits per heavy atom. The highest BCUT2D eigenvalue weighted by molar-refractivity contribution is 5.80. The minimum Gasteiger partial charge on any atom is -0.490 e. The Morgan fingerprint density at radius 2 is 2.18 bits per heavy atom. The summed E-state index contributed by atoms with van der Waals surface area (Å²) in [6.45, 7) is 1.75. The van der Waals surface area contributed by atoms with Crippen LogP contribution in [0.15, 0.2) is 29.4 Å². The number of nitro benzene ring substituents is 1. The van der Waals surface area contributed by atoms with Gasteiger partial charge in [-0.3, -0.25) is 10.1 Å². The number of benzene rings is 1. The van der Waals surface area contributed by atoms with Crippen LogP contribution in [0.3, 0.4) is 0 Å². The van der Waals surface area contributed by atoms with Crippen molar-refractivity contribution in [2.24, 2.45) is 10.9 Å². The van der Waals surface area contributed by atoms with Crippen molar-refractivity contribution in [3.8, 4) is 5.75 Å². The fourth-order valence-corrected chi connectivity index (χ4v) is 1.26. The van der Waals surface area contributed by atoms with Gasteiger partial charge in [-0.05, 0) is 19.1 Å². The Bertz CT molecular complexity index is 416. The van der Waals surface area contributed by atoms with Gasteiger partial charge in [0.2, 0.25) is 0 Å². The van der Waals surface area contributed by atoms with E-state index in [-0.39, 0.29) is 24.0 Å². The topological polar surface area (TPSA) is 111 Å². The summed E-state index contributed by atoms with van der Waals surface area (Å²) in [6, 6.07) is 5.71. The summed E-state index contributed by atoms with van der Waals surface area (Å²) in [5.74, 6) is 0.563. The molecule has 0 aliphatic rings. The largest absolute Gasteiger partial charge is 0.490 e. The van der Waals surface area contributed by atoms with E-state index in [4.69, 9.17) is 15.7 Å². The molecular formula is C10H13N3O4. The third-order valence-corrected chi connectivity index (χ3v) is 2.01. The van der Waals surface area contributed by atoms with Crippen molar-refractivity contribution in [1.82, 2.24) is 0 Å². The second-order valence-corrected chi connectivity index (χ2v) is 3.47. The van der Waals surface area contributed by atoms with Gasteiger partial charge in [-0.15, -0.1) is 0 Å². The van der Waals surface area contributed by atoms with Gasteiger partial charge in [-0.2, -0.15) is 0 Å². The molecule has 92 valence electrons. The van der Waals surface area contributed by atoms with Crippen LogP contribution in [0.5, 0.6) is 5.75 Å². The number of nitro groups is 1. The average Bonchev–Trinajstić information content (AvgIpc) is 2.29. The number of hydrogen-bond donors (Lipinski definition) is 2. The van der Waals surface area contributed by atoms with Crippen LogP contribution in [-0.2, 0) is 0 Å². The number of rotatable bonds is 5. The third-order valence-electron chi connectivity index (χ3n) is 2.01. The number of hydrogen-bond acceptors (Lipinski definition) is 5. The first-order chi connectivity index (χ1) is 8.02. The standard InChI is InChI=1S/C10H13N3O4/c1-7(6-10(11)12-14)17-9-4-2-8(3-5-9)13(15)16/h2-5,7,14H,6H2,1H3,(H2,11,12). The van der Waals surface area contributed by atoms with E-state index in [1.54, 1.807) is 6.92 Å². The molecule has 0 fully saturated rings. The molecule has 0 amide bonds. The minimum atomic E-state index is -0.483. The number of non-ortho nitro benzene ring substituents is 1. The summed E-state index contributed by atoms with van der Waals surface area (Å²) in [5.41, 5.74) is 5.32. The molecule has 1 rings (SSSR count). The molecule has 0 aliphatic carbocycles. The molecule has 0 aliphatic heterocycles. The summed E-state index contributed by atoms with van der Waals surface area (Å²) in [5, 5.41) is 21.6. The first-order valence-electron chi connectivity index (χ1n) is 4.90. The highest BCUT2D eigenvalue weighted by Gasteiger charge is 2.09. The van der Waals surface area contributed by atoms with E-state index >= 15 is 0 Å². The van der Waals surface area contributed by atoms with Crippen molar-refractivity contribution < 1.29 is 14.9 Å². The zero-order valence-corrected chi connectivity index (χ0v) is 9.24. The summed E-state index contributed by atoms with van der Waals surface area (Å²) < 4.78 is 5.43. The molecule has 0 bridgehead atoms. The molecule has 1 unspecified atom stereocenters. The molecule has 0 saturated heterocycles. The molecule has 1 aromatic carbocycles. The maximum atomic E-state index is 10.4. The van der Waals surface area contributed by atoms with Gasteiger partial charge in [0.15, 0.2) is 0 Å². The lowest BCUT2D eigenvalue weighted by atomic mass is 10.2. The van der Waals surface area contributed by atoms with Crippen LogP contribution >= 0.6 is 0 Å². The van der Waals surface area contributed by atoms with Gasteiger partial charge in [0.1, 0.15) is 17.7 Å². The van der Waals surface area contributed by atoms with E-state index in [0.717, 1.165) is 0 Å². The third kappa shape index (κ3) is 3.98. The number of nitrogens with two attached hydrogens (primary N) is 1. The highest BCUT2D eigenvalue weighted by Crippen LogP contribution is 2.18. The fourth-order valence-electron chi connectivity index (χ4n) is 1.26. The molecule has 7 nitrogen and oxygen atoms in total. The van der Waals surface area contributed by atoms with Crippen LogP contribution in [-0.4, -0.2) is 22.1 Å². The van der Waals surface area contributed by atoms with Gasteiger partial charge in [0.25, 0.3) is 5.69 Å². The second-order valence-electron chi connectivity index (χ2n) is 3.47. The second kappa shape index (κ2) is 5.69. The van der Waals surface area contributed by atoms with E-state index in [0.29, 0.717) is 5.75 Å². The normalized spacial score (nSPS) is 13.1. The van der Waals surface area contributed by atoms with Crippen molar-refractivity contribution in [2.75, 3.05) is 0 Å². The lowest BCUT2D eigenvalue weighted by molar-refractivity contribution is -0.384. The first-order valence-corrected chi connectivity index (χ1v) is 4.90. The van der Waals surface area contributed by atoms with Crippen molar-refractivity contribution in [2.45, 2.75) is 19.4 Å². The van der Waals surface area contributed by atoms with Crippen molar-refractivity contribution in [3.05, 3.63) is 34.4 Å². The van der Waals surface area contributed by atoms with E-state index in [9.17, 15) is 10.1 Å². The van der Waals surface area contributed by atoms with Gasteiger partial charge in [-0.25, -0.2) is 0 Å². The lowest BCUT2D eigenvalue weighted by Gasteiger charge is -2.13. The number of oxime groups is 1. The maximum absolute atomic E-state index is 10.4. The Labute approximate surface area is 97.6 Å². The smallest absolute Gasteiger partial charge is 0.269 e. The van der Waals surface area contributed by atoms with Gasteiger partial charge in [-0.1, -0.05) is 5.16 Å². The Morgan fingerprint density at radius 3 is 2.65 bits per heavy atom. The van der Waals surface area contributed by atoms with E-state index in [1.165, 1.54) is 24.3 Å². The van der Waals surface area contributed by atoms with Crippen LogP contribution in [0.2, 0.25) is 0 Å². The predicted molar refractivity (Wildman–Crippen MR) is 61.2 cm³/mol. The first kappa shape index (κ1) is 12.8. The molecule has 3 N–H and O–H groups in total. The van der Waals surface area contributed by atoms with Crippen LogP contribution < -0.4 is 10.5 Å². The fraction of sp³-hybridized carbons (Fsp3) is 0.300. The molecule has 1 aromatic rings. The Balaban J connectivity index is 2.60. The zero-order chi connectivity index (χ0) is 12.8. The molecule has 0 spiro atoms. The Hall–Kier alpha value is -2.31. The number of ether oxygens (including phenoxy) is 1. The predicted octanol–water partition coefficient (Wildman–Crippen LogP) is 1.50. The maximum Gasteiger partial charge on any atom is 0.269 e. The van der Waals surface area contributed by atoms with Crippen LogP contribution in [0.25, 0.3) is 0 Å². The van der Waals surface area contributed by atoms with Crippen molar-refractivity contribution in [3.63, 3.8) is 0 Å². The monoisotopic (exact) mass is 239 g/mol. The van der Waals surface area contributed by atoms with Crippen molar-refractivity contribution >= 4 is 11.5 Å². The van der Waals surface area contributed by atoms with Gasteiger partial charge < -0.3 is 15.7 Å². The molecule has 0 radical (unpaired) electrons. The van der Waals surface area contributed by atoms with Crippen molar-refractivity contribution in [1.29, 1.82) is 0 Å². The summed E-state index contributed by atoms with van der Waals surface area (Å²) in [4.78, 5) is 9.94. The number of amidine groups is 1. The summed E-state index contributed by atoms with van der Waals surface area (Å²) >= 11 is 0. The van der Waals surface area contributed by atoms with Crippen LogP contribution in [0, 0.1) is 10.1 Å². The van der Waals surface area contributed by atoms with E-state index in [2.05, 4.69) is 5.16 Å². The number of nitrogens with zero attached hydrogens (tertiary/aromatic N) is 2. The zero-order valence-electron chi connectivity index (χ0n) is 9.24. The quantitative estimate of drug-likeness (QED) is 0.266. The SMILES string of the molecule is CC(C/C(N)=N/O)Oc1ccc([N+](=O)[O-])cc1. The van der Waals surface area contributed by atoms with Gasteiger partial charge in [0, 0.05) is 18.6 Å². The molecule has 0 saturated carbocycles. The molecule has 0 heterocycles. The van der Waals surface area contributed by atoms with Gasteiger partial charge >= 0.3 is 0 Å². The molecule has 1 atom stereocenters. The minimum absolute atomic E-state index is 0.00133. The van der Waals surface area contributed by atoms with E-state index in [1.807, 2.05) is 0 Å². The molecule has 0 aromatic heterocycles. The molecule has 17 heavy (non-hydrogen) atoms. The highest BCUT2D eigenvalue weighted by atomic mass is 16.6. The molecular weight excluding hydrogens is 226 g/mol. The summed E-state index contributed by atoms with van der Waals surface area (Å²) in [6.07, 6.45) is -0.0135. The summed E-state index contributed by atoms with van der Waals surface area (Å²) in [7, 11) is 0. The van der Waals surface area contributed by atoms with Crippen LogP contribution in [0.4, 0.5) is 5.69 Å². The van der Waals surface area contributed by atoms with Crippen LogP contribution in [0.1, 0.15) is 13.3 Å². The molecule has 7 heteroatoms. The Kier molecular flexibility index (Phi) is 4.27. The average molecular weight is 239 g/mol. The van der Waals surface area contributed by atoms with E-state index < -0.39 is 4.92 Å². The lowest BCUT2D eigenvalue weighted by Crippen LogP contribution is -2.22. The van der Waals surface area contributed by atoms with Gasteiger partial charge in [0.05, 0.1) is 4.92 Å².